The molecule has 6 nitrogen and oxygen atoms in total. The highest BCUT2D eigenvalue weighted by Crippen LogP contribution is 2.44. The van der Waals surface area contributed by atoms with Gasteiger partial charge in [-0.25, -0.2) is 0 Å². The van der Waals surface area contributed by atoms with E-state index in [2.05, 4.69) is 84.2 Å². The number of thiocarbonyl (C=S) groups is 1. The number of nitrogens with zero attached hydrogens (tertiary/aromatic N) is 3. The summed E-state index contributed by atoms with van der Waals surface area (Å²) >= 11 is 5.97. The van der Waals surface area contributed by atoms with Gasteiger partial charge < -0.3 is 20.1 Å². The third-order valence-corrected chi connectivity index (χ3v) is 8.10. The SMILES string of the molecule is CCC(=O)Nc1ccc(N2C(=S)N[C@@H](c3ccccn3)[C@@H]2c2cc(C)n(-c3cccc(C)c3C)c2C)cc1C. The summed E-state index contributed by atoms with van der Waals surface area (Å²) in [7, 11) is 0. The van der Waals surface area contributed by atoms with Crippen molar-refractivity contribution in [2.75, 3.05) is 10.2 Å². The third kappa shape index (κ3) is 4.83. The first-order valence-corrected chi connectivity index (χ1v) is 13.8. The van der Waals surface area contributed by atoms with Crippen molar-refractivity contribution in [1.82, 2.24) is 14.9 Å². The summed E-state index contributed by atoms with van der Waals surface area (Å²) < 4.78 is 2.35. The Balaban J connectivity index is 1.65. The third-order valence-electron chi connectivity index (χ3n) is 7.79. The smallest absolute Gasteiger partial charge is 0.224 e. The molecule has 1 aliphatic heterocycles. The fraction of sp³-hybridized carbons (Fsp3) is 0.281. The summed E-state index contributed by atoms with van der Waals surface area (Å²) in [6.07, 6.45) is 2.26. The number of pyridine rings is 1. The van der Waals surface area contributed by atoms with Crippen molar-refractivity contribution >= 4 is 34.6 Å². The standard InChI is InChI=1S/C32H35N5OS/c1-7-29(38)34-26-15-14-24(17-20(26)3)37-31(30(35-32(37)39)27-12-8-9-16-33-27)25-18-21(4)36(23(25)6)28-13-10-11-19(2)22(28)5/h8-18,30-31H,7H2,1-6H3,(H,34,38)(H,35,39)/t30-,31-/m0/s1. The van der Waals surface area contributed by atoms with Crippen LogP contribution in [-0.2, 0) is 4.79 Å². The van der Waals surface area contributed by atoms with Gasteiger partial charge in [-0.05, 0) is 112 Å². The van der Waals surface area contributed by atoms with Gasteiger partial charge in [-0.15, -0.1) is 0 Å². The molecule has 2 atom stereocenters. The van der Waals surface area contributed by atoms with Crippen molar-refractivity contribution in [2.45, 2.75) is 60.0 Å². The Kier molecular flexibility index (Phi) is 7.28. The van der Waals surface area contributed by atoms with Gasteiger partial charge in [-0.1, -0.05) is 25.1 Å². The molecule has 200 valence electrons. The monoisotopic (exact) mass is 537 g/mol. The highest BCUT2D eigenvalue weighted by atomic mass is 32.1. The molecule has 0 unspecified atom stereocenters. The molecule has 0 spiro atoms. The lowest BCUT2D eigenvalue weighted by atomic mass is 9.96. The molecule has 1 amide bonds. The lowest BCUT2D eigenvalue weighted by Gasteiger charge is -2.29. The van der Waals surface area contributed by atoms with E-state index in [0.717, 1.165) is 22.6 Å². The maximum Gasteiger partial charge on any atom is 0.224 e. The quantitative estimate of drug-likeness (QED) is 0.261. The van der Waals surface area contributed by atoms with Gasteiger partial charge in [-0.2, -0.15) is 0 Å². The van der Waals surface area contributed by atoms with E-state index in [1.807, 2.05) is 44.3 Å². The lowest BCUT2D eigenvalue weighted by molar-refractivity contribution is -0.115. The van der Waals surface area contributed by atoms with E-state index in [1.54, 1.807) is 0 Å². The first-order valence-electron chi connectivity index (χ1n) is 13.4. The zero-order valence-electron chi connectivity index (χ0n) is 23.4. The van der Waals surface area contributed by atoms with Crippen molar-refractivity contribution in [1.29, 1.82) is 0 Å². The molecule has 2 N–H and O–H groups in total. The van der Waals surface area contributed by atoms with E-state index in [-0.39, 0.29) is 18.0 Å². The number of carbonyl (C=O) groups is 1. The number of anilines is 2. The summed E-state index contributed by atoms with van der Waals surface area (Å²) in [5, 5.41) is 7.22. The molecule has 0 radical (unpaired) electrons. The van der Waals surface area contributed by atoms with Gasteiger partial charge in [0, 0.05) is 41.1 Å². The molecule has 2 aromatic carbocycles. The van der Waals surface area contributed by atoms with Gasteiger partial charge in [0.1, 0.15) is 0 Å². The van der Waals surface area contributed by atoms with Crippen LogP contribution in [0.3, 0.4) is 0 Å². The van der Waals surface area contributed by atoms with Crippen LogP contribution in [0.25, 0.3) is 5.69 Å². The Labute approximate surface area is 236 Å². The van der Waals surface area contributed by atoms with Crippen LogP contribution < -0.4 is 15.5 Å². The zero-order chi connectivity index (χ0) is 27.8. The minimum Gasteiger partial charge on any atom is -0.351 e. The Bertz CT molecular complexity index is 1560. The molecule has 0 saturated carbocycles. The first kappa shape index (κ1) is 26.6. The van der Waals surface area contributed by atoms with Crippen molar-refractivity contribution < 1.29 is 4.79 Å². The number of hydrogen-bond acceptors (Lipinski definition) is 3. The molecule has 3 heterocycles. The Morgan fingerprint density at radius 3 is 2.49 bits per heavy atom. The van der Waals surface area contributed by atoms with E-state index in [9.17, 15) is 4.79 Å². The highest BCUT2D eigenvalue weighted by molar-refractivity contribution is 7.80. The molecule has 5 rings (SSSR count). The minimum absolute atomic E-state index is 0.00353. The van der Waals surface area contributed by atoms with Gasteiger partial charge in [-0.3, -0.25) is 9.78 Å². The normalized spacial score (nSPS) is 16.9. The summed E-state index contributed by atoms with van der Waals surface area (Å²) in [4.78, 5) is 18.9. The number of nitrogens with one attached hydrogen (secondary N) is 2. The largest absolute Gasteiger partial charge is 0.351 e. The Morgan fingerprint density at radius 2 is 1.79 bits per heavy atom. The van der Waals surface area contributed by atoms with Crippen LogP contribution in [0.4, 0.5) is 11.4 Å². The minimum atomic E-state index is -0.133. The van der Waals surface area contributed by atoms with Crippen molar-refractivity contribution in [3.05, 3.63) is 106 Å². The molecule has 2 aromatic heterocycles. The predicted molar refractivity (Wildman–Crippen MR) is 163 cm³/mol. The Hall–Kier alpha value is -3.97. The average Bonchev–Trinajstić information content (AvgIpc) is 3.42. The summed E-state index contributed by atoms with van der Waals surface area (Å²) in [6, 6.07) is 20.6. The number of hydrogen-bond donors (Lipinski definition) is 2. The van der Waals surface area contributed by atoms with Crippen molar-refractivity contribution in [3.63, 3.8) is 0 Å². The predicted octanol–water partition coefficient (Wildman–Crippen LogP) is 6.94. The van der Waals surface area contributed by atoms with Crippen LogP contribution in [-0.4, -0.2) is 20.6 Å². The van der Waals surface area contributed by atoms with E-state index in [4.69, 9.17) is 17.2 Å². The number of carbonyl (C=O) groups excluding carboxylic acids is 1. The molecule has 1 saturated heterocycles. The van der Waals surface area contributed by atoms with Crippen molar-refractivity contribution in [3.8, 4) is 5.69 Å². The second-order valence-electron chi connectivity index (χ2n) is 10.3. The van der Waals surface area contributed by atoms with E-state index in [1.165, 1.54) is 33.8 Å². The lowest BCUT2D eigenvalue weighted by Crippen LogP contribution is -2.29. The topological polar surface area (TPSA) is 62.2 Å². The van der Waals surface area contributed by atoms with E-state index < -0.39 is 0 Å². The van der Waals surface area contributed by atoms with Crippen LogP contribution >= 0.6 is 12.2 Å². The second kappa shape index (κ2) is 10.7. The summed E-state index contributed by atoms with van der Waals surface area (Å²) in [5.41, 5.74) is 11.0. The van der Waals surface area contributed by atoms with E-state index in [0.29, 0.717) is 11.5 Å². The zero-order valence-corrected chi connectivity index (χ0v) is 24.2. The molecule has 1 aliphatic rings. The number of rotatable bonds is 6. The van der Waals surface area contributed by atoms with Crippen LogP contribution in [0.2, 0.25) is 0 Å². The second-order valence-corrected chi connectivity index (χ2v) is 10.7. The number of aromatic nitrogens is 2. The maximum atomic E-state index is 12.0. The molecule has 1 fully saturated rings. The Morgan fingerprint density at radius 1 is 1.00 bits per heavy atom. The maximum absolute atomic E-state index is 12.0. The molecular weight excluding hydrogens is 502 g/mol. The van der Waals surface area contributed by atoms with Gasteiger partial charge in [0.25, 0.3) is 0 Å². The van der Waals surface area contributed by atoms with Crippen molar-refractivity contribution in [2.24, 2.45) is 0 Å². The fourth-order valence-electron chi connectivity index (χ4n) is 5.56. The van der Waals surface area contributed by atoms with Crippen LogP contribution in [0.1, 0.15) is 64.8 Å². The molecule has 7 heteroatoms. The van der Waals surface area contributed by atoms with Gasteiger partial charge in [0.05, 0.1) is 17.8 Å². The summed E-state index contributed by atoms with van der Waals surface area (Å²) in [5.74, 6) is -0.00353. The number of amides is 1. The first-order chi connectivity index (χ1) is 18.7. The van der Waals surface area contributed by atoms with Crippen LogP contribution in [0, 0.1) is 34.6 Å². The van der Waals surface area contributed by atoms with Gasteiger partial charge >= 0.3 is 0 Å². The van der Waals surface area contributed by atoms with Gasteiger partial charge in [0.15, 0.2) is 5.11 Å². The molecule has 39 heavy (non-hydrogen) atoms. The van der Waals surface area contributed by atoms with Crippen LogP contribution in [0.15, 0.2) is 66.9 Å². The number of aryl methyl sites for hydroxylation is 3. The van der Waals surface area contributed by atoms with Crippen LogP contribution in [0.5, 0.6) is 0 Å². The summed E-state index contributed by atoms with van der Waals surface area (Å²) in [6.45, 7) is 12.5. The molecule has 4 aromatic rings. The molecule has 0 bridgehead atoms. The number of benzene rings is 2. The highest BCUT2D eigenvalue weighted by Gasteiger charge is 2.42. The fourth-order valence-corrected chi connectivity index (χ4v) is 5.91. The average molecular weight is 538 g/mol. The van der Waals surface area contributed by atoms with E-state index >= 15 is 0 Å². The molecular formula is C32H35N5OS. The molecule has 0 aliphatic carbocycles. The van der Waals surface area contributed by atoms with Gasteiger partial charge in [0.2, 0.25) is 5.91 Å².